The van der Waals surface area contributed by atoms with Gasteiger partial charge in [0.15, 0.2) is 0 Å². The Morgan fingerprint density at radius 1 is 0.970 bits per heavy atom. The molecule has 4 rings (SSSR count). The van der Waals surface area contributed by atoms with E-state index in [4.69, 9.17) is 4.74 Å². The van der Waals surface area contributed by atoms with Crippen LogP contribution >= 0.6 is 0 Å². The molecule has 4 heteroatoms. The van der Waals surface area contributed by atoms with Crippen molar-refractivity contribution >= 4 is 5.97 Å². The van der Waals surface area contributed by atoms with Crippen LogP contribution in [0.15, 0.2) is 78.9 Å². The third-order valence-electron chi connectivity index (χ3n) is 6.49. The molecule has 0 fully saturated rings. The van der Waals surface area contributed by atoms with E-state index in [0.29, 0.717) is 26.1 Å². The average molecular weight is 444 g/mol. The molecule has 0 aromatic heterocycles. The van der Waals surface area contributed by atoms with E-state index in [2.05, 4.69) is 50.2 Å². The summed E-state index contributed by atoms with van der Waals surface area (Å²) in [6.07, 6.45) is 2.49. The van der Waals surface area contributed by atoms with Crippen LogP contribution in [0, 0.1) is 5.41 Å². The zero-order valence-electron chi connectivity index (χ0n) is 19.5. The first-order valence-corrected chi connectivity index (χ1v) is 11.7. The molecule has 0 bridgehead atoms. The number of nitrogens with zero attached hydrogens (tertiary/aromatic N) is 1. The third-order valence-corrected chi connectivity index (χ3v) is 6.49. The summed E-state index contributed by atoms with van der Waals surface area (Å²) in [7, 11) is 0. The largest absolute Gasteiger partial charge is 0.494 e. The molecule has 172 valence electrons. The van der Waals surface area contributed by atoms with Crippen LogP contribution in [0.2, 0.25) is 0 Å². The van der Waals surface area contributed by atoms with Crippen LogP contribution in [0.4, 0.5) is 0 Å². The Bertz CT molecular complexity index is 1060. The fraction of sp³-hybridized carbons (Fsp3) is 0.345. The molecule has 0 aliphatic carbocycles. The van der Waals surface area contributed by atoms with Gasteiger partial charge in [0.25, 0.3) is 0 Å². The number of aliphatic carboxylic acids is 1. The molecule has 0 saturated heterocycles. The first-order chi connectivity index (χ1) is 15.9. The predicted molar refractivity (Wildman–Crippen MR) is 131 cm³/mol. The monoisotopic (exact) mass is 443 g/mol. The molecule has 1 heterocycles. The Morgan fingerprint density at radius 3 is 2.30 bits per heavy atom. The molecule has 0 spiro atoms. The van der Waals surface area contributed by atoms with Crippen molar-refractivity contribution in [2.45, 2.75) is 52.2 Å². The lowest BCUT2D eigenvalue weighted by Gasteiger charge is -2.34. The molecule has 0 saturated carbocycles. The minimum Gasteiger partial charge on any atom is -0.494 e. The highest BCUT2D eigenvalue weighted by molar-refractivity contribution is 5.74. The molecule has 1 aliphatic rings. The third kappa shape index (κ3) is 6.23. The van der Waals surface area contributed by atoms with Crippen molar-refractivity contribution in [3.05, 3.63) is 101 Å². The highest BCUT2D eigenvalue weighted by Crippen LogP contribution is 2.30. The lowest BCUT2D eigenvalue weighted by atomic mass is 9.83. The molecule has 0 amide bonds. The van der Waals surface area contributed by atoms with E-state index < -0.39 is 12.0 Å². The number of fused-ring (bicyclic) bond motifs is 1. The first-order valence-electron chi connectivity index (χ1n) is 11.7. The van der Waals surface area contributed by atoms with Gasteiger partial charge in [-0.3, -0.25) is 9.69 Å². The van der Waals surface area contributed by atoms with Gasteiger partial charge in [0.2, 0.25) is 0 Å². The van der Waals surface area contributed by atoms with Crippen molar-refractivity contribution in [1.29, 1.82) is 0 Å². The highest BCUT2D eigenvalue weighted by atomic mass is 16.5. The van der Waals surface area contributed by atoms with E-state index in [1.165, 1.54) is 5.56 Å². The van der Waals surface area contributed by atoms with Crippen LogP contribution in [0.25, 0.3) is 0 Å². The fourth-order valence-corrected chi connectivity index (χ4v) is 4.61. The van der Waals surface area contributed by atoms with Crippen molar-refractivity contribution in [1.82, 2.24) is 4.90 Å². The SMILES string of the molecule is CC(C)(CCOc1ccc2c(c1)CN(Cc1ccccc1)[C@H](C(=O)O)C2)Cc1ccccc1. The van der Waals surface area contributed by atoms with Crippen LogP contribution in [-0.4, -0.2) is 28.6 Å². The summed E-state index contributed by atoms with van der Waals surface area (Å²) in [5.41, 5.74) is 4.88. The van der Waals surface area contributed by atoms with Crippen LogP contribution in [0.1, 0.15) is 42.5 Å². The van der Waals surface area contributed by atoms with Gasteiger partial charge in [-0.1, -0.05) is 80.6 Å². The molecular weight excluding hydrogens is 410 g/mol. The molecular formula is C29H33NO3. The van der Waals surface area contributed by atoms with Crippen molar-refractivity contribution in [3.63, 3.8) is 0 Å². The Labute approximate surface area is 196 Å². The number of carboxylic acid groups (broad SMARTS) is 1. The molecule has 0 unspecified atom stereocenters. The second-order valence-corrected chi connectivity index (χ2v) is 9.80. The Morgan fingerprint density at radius 2 is 1.64 bits per heavy atom. The summed E-state index contributed by atoms with van der Waals surface area (Å²) < 4.78 is 6.14. The zero-order chi connectivity index (χ0) is 23.3. The van der Waals surface area contributed by atoms with Crippen LogP contribution in [0.3, 0.4) is 0 Å². The maximum absolute atomic E-state index is 11.9. The van der Waals surface area contributed by atoms with E-state index in [9.17, 15) is 9.90 Å². The zero-order valence-corrected chi connectivity index (χ0v) is 19.5. The number of benzene rings is 3. The quantitative estimate of drug-likeness (QED) is 0.458. The molecule has 33 heavy (non-hydrogen) atoms. The van der Waals surface area contributed by atoms with Crippen molar-refractivity contribution in [2.24, 2.45) is 5.41 Å². The minimum atomic E-state index is -0.766. The van der Waals surface area contributed by atoms with E-state index in [0.717, 1.165) is 35.3 Å². The molecule has 1 N–H and O–H groups in total. The molecule has 0 radical (unpaired) electrons. The Kier molecular flexibility index (Phi) is 7.14. The van der Waals surface area contributed by atoms with Crippen LogP contribution in [0.5, 0.6) is 5.75 Å². The molecule has 3 aromatic carbocycles. The number of rotatable bonds is 9. The van der Waals surface area contributed by atoms with Crippen LogP contribution in [-0.2, 0) is 30.7 Å². The molecule has 1 atom stereocenters. The second-order valence-electron chi connectivity index (χ2n) is 9.80. The fourth-order valence-electron chi connectivity index (χ4n) is 4.61. The smallest absolute Gasteiger partial charge is 0.321 e. The average Bonchev–Trinajstić information content (AvgIpc) is 2.79. The van der Waals surface area contributed by atoms with Crippen molar-refractivity contribution < 1.29 is 14.6 Å². The van der Waals surface area contributed by atoms with Gasteiger partial charge >= 0.3 is 5.97 Å². The van der Waals surface area contributed by atoms with Crippen LogP contribution < -0.4 is 4.74 Å². The number of hydrogen-bond acceptors (Lipinski definition) is 3. The molecule has 4 nitrogen and oxygen atoms in total. The van der Waals surface area contributed by atoms with Crippen molar-refractivity contribution in [3.8, 4) is 5.75 Å². The first kappa shape index (κ1) is 23.1. The lowest BCUT2D eigenvalue weighted by Crippen LogP contribution is -2.45. The summed E-state index contributed by atoms with van der Waals surface area (Å²) in [4.78, 5) is 14.0. The van der Waals surface area contributed by atoms with Gasteiger partial charge in [-0.25, -0.2) is 0 Å². The van der Waals surface area contributed by atoms with E-state index in [1.807, 2.05) is 47.4 Å². The predicted octanol–water partition coefficient (Wildman–Crippen LogP) is 5.74. The lowest BCUT2D eigenvalue weighted by molar-refractivity contribution is -0.144. The van der Waals surface area contributed by atoms with Gasteiger partial charge in [-0.05, 0) is 59.1 Å². The summed E-state index contributed by atoms with van der Waals surface area (Å²) in [5.74, 6) is 0.0928. The highest BCUT2D eigenvalue weighted by Gasteiger charge is 2.31. The Hall–Kier alpha value is -3.11. The van der Waals surface area contributed by atoms with E-state index >= 15 is 0 Å². The normalized spacial score (nSPS) is 16.2. The van der Waals surface area contributed by atoms with Gasteiger partial charge in [-0.2, -0.15) is 0 Å². The second kappa shape index (κ2) is 10.2. The van der Waals surface area contributed by atoms with Gasteiger partial charge in [0, 0.05) is 13.1 Å². The molecule has 1 aliphatic heterocycles. The van der Waals surface area contributed by atoms with Gasteiger partial charge in [-0.15, -0.1) is 0 Å². The topological polar surface area (TPSA) is 49.8 Å². The molecule has 3 aromatic rings. The number of hydrogen-bond donors (Lipinski definition) is 1. The minimum absolute atomic E-state index is 0.150. The van der Waals surface area contributed by atoms with E-state index in [1.54, 1.807) is 0 Å². The van der Waals surface area contributed by atoms with Gasteiger partial charge in [0.05, 0.1) is 6.61 Å². The number of carboxylic acids is 1. The van der Waals surface area contributed by atoms with Gasteiger partial charge < -0.3 is 9.84 Å². The summed E-state index contributed by atoms with van der Waals surface area (Å²) >= 11 is 0. The maximum Gasteiger partial charge on any atom is 0.321 e. The number of carbonyl (C=O) groups is 1. The Balaban J connectivity index is 1.39. The van der Waals surface area contributed by atoms with E-state index in [-0.39, 0.29) is 5.41 Å². The summed E-state index contributed by atoms with van der Waals surface area (Å²) in [6.45, 7) is 6.45. The summed E-state index contributed by atoms with van der Waals surface area (Å²) in [6, 6.07) is 26.2. The summed E-state index contributed by atoms with van der Waals surface area (Å²) in [5, 5.41) is 9.80. The van der Waals surface area contributed by atoms with Gasteiger partial charge in [0.1, 0.15) is 11.8 Å². The van der Waals surface area contributed by atoms with Crippen molar-refractivity contribution in [2.75, 3.05) is 6.61 Å². The standard InChI is InChI=1S/C29H33NO3/c1-29(2,19-22-9-5-3-6-10-22)15-16-33-26-14-13-24-18-27(28(31)32)30(21-25(24)17-26)20-23-11-7-4-8-12-23/h3-14,17,27H,15-16,18-21H2,1-2H3,(H,31,32)/t27-/m0/s1. The number of ether oxygens (including phenoxy) is 1. The maximum atomic E-state index is 11.9.